The number of nitrogens with zero attached hydrogens (tertiary/aromatic N) is 2. The number of hydrogen-bond acceptors (Lipinski definition) is 5. The van der Waals surface area contributed by atoms with Crippen molar-refractivity contribution in [2.45, 2.75) is 32.6 Å². The summed E-state index contributed by atoms with van der Waals surface area (Å²) >= 11 is 0. The molecule has 0 amide bonds. The van der Waals surface area contributed by atoms with Crippen molar-refractivity contribution in [3.63, 3.8) is 0 Å². The predicted molar refractivity (Wildman–Crippen MR) is 127 cm³/mol. The van der Waals surface area contributed by atoms with E-state index in [-0.39, 0.29) is 0 Å². The number of aryl methyl sites for hydroxylation is 1. The lowest BCUT2D eigenvalue weighted by atomic mass is 10.0. The van der Waals surface area contributed by atoms with Gasteiger partial charge in [-0.3, -0.25) is 0 Å². The van der Waals surface area contributed by atoms with E-state index >= 15 is 0 Å². The SMILES string of the molecule is CCCCCc1ccc(-c2ccc(-c3nnc(-c4cc(OC)cc(OC)c4)o3)cc2)cc1. The quantitative estimate of drug-likeness (QED) is 0.274. The van der Waals surface area contributed by atoms with Crippen molar-refractivity contribution in [3.8, 4) is 45.5 Å². The summed E-state index contributed by atoms with van der Waals surface area (Å²) in [6, 6.07) is 22.5. The zero-order chi connectivity index (χ0) is 22.3. The molecule has 0 radical (unpaired) electrons. The third-order valence-corrected chi connectivity index (χ3v) is 5.51. The highest BCUT2D eigenvalue weighted by molar-refractivity contribution is 5.68. The minimum Gasteiger partial charge on any atom is -0.497 e. The van der Waals surface area contributed by atoms with Crippen molar-refractivity contribution in [2.75, 3.05) is 14.2 Å². The van der Waals surface area contributed by atoms with Crippen LogP contribution in [0.2, 0.25) is 0 Å². The zero-order valence-electron chi connectivity index (χ0n) is 18.8. The predicted octanol–water partition coefficient (Wildman–Crippen LogP) is 6.82. The molecular formula is C27H28N2O3. The van der Waals surface area contributed by atoms with Crippen LogP contribution in [0, 0.1) is 0 Å². The second kappa shape index (κ2) is 10.1. The Labute approximate surface area is 189 Å². The summed E-state index contributed by atoms with van der Waals surface area (Å²) in [5, 5.41) is 8.43. The molecule has 0 aliphatic heterocycles. The molecule has 0 aliphatic rings. The third kappa shape index (κ3) is 4.99. The van der Waals surface area contributed by atoms with Crippen molar-refractivity contribution in [1.29, 1.82) is 0 Å². The first-order chi connectivity index (χ1) is 15.7. The summed E-state index contributed by atoms with van der Waals surface area (Å²) in [6.07, 6.45) is 4.93. The van der Waals surface area contributed by atoms with Crippen LogP contribution in [0.3, 0.4) is 0 Å². The van der Waals surface area contributed by atoms with E-state index in [2.05, 4.69) is 53.5 Å². The van der Waals surface area contributed by atoms with Gasteiger partial charge in [0.05, 0.1) is 14.2 Å². The maximum atomic E-state index is 5.93. The van der Waals surface area contributed by atoms with Crippen molar-refractivity contribution >= 4 is 0 Å². The molecule has 5 heteroatoms. The Bertz CT molecular complexity index is 1130. The lowest BCUT2D eigenvalue weighted by Crippen LogP contribution is -1.88. The highest BCUT2D eigenvalue weighted by Gasteiger charge is 2.13. The first kappa shape index (κ1) is 21.6. The molecule has 5 nitrogen and oxygen atoms in total. The molecule has 1 aromatic heterocycles. The molecule has 3 aromatic carbocycles. The molecule has 4 aromatic rings. The summed E-state index contributed by atoms with van der Waals surface area (Å²) < 4.78 is 16.6. The smallest absolute Gasteiger partial charge is 0.248 e. The van der Waals surface area contributed by atoms with Crippen molar-refractivity contribution in [3.05, 3.63) is 72.3 Å². The summed E-state index contributed by atoms with van der Waals surface area (Å²) in [5.74, 6) is 2.22. The van der Waals surface area contributed by atoms with Gasteiger partial charge in [-0.05, 0) is 53.8 Å². The van der Waals surface area contributed by atoms with Gasteiger partial charge in [0.2, 0.25) is 11.8 Å². The van der Waals surface area contributed by atoms with Crippen LogP contribution in [-0.4, -0.2) is 24.4 Å². The van der Waals surface area contributed by atoms with Gasteiger partial charge in [0, 0.05) is 17.2 Å². The van der Waals surface area contributed by atoms with E-state index in [4.69, 9.17) is 13.9 Å². The average molecular weight is 429 g/mol. The Morgan fingerprint density at radius 3 is 1.75 bits per heavy atom. The molecule has 0 N–H and O–H groups in total. The van der Waals surface area contributed by atoms with Gasteiger partial charge in [-0.15, -0.1) is 10.2 Å². The number of methoxy groups -OCH3 is 2. The number of ether oxygens (including phenoxy) is 2. The summed E-state index contributed by atoms with van der Waals surface area (Å²) in [5.41, 5.74) is 5.37. The molecule has 0 spiro atoms. The minimum atomic E-state index is 0.417. The van der Waals surface area contributed by atoms with Crippen LogP contribution < -0.4 is 9.47 Å². The molecule has 0 atom stereocenters. The Morgan fingerprint density at radius 2 is 1.19 bits per heavy atom. The highest BCUT2D eigenvalue weighted by atomic mass is 16.5. The van der Waals surface area contributed by atoms with Crippen LogP contribution in [0.5, 0.6) is 11.5 Å². The molecule has 0 bridgehead atoms. The highest BCUT2D eigenvalue weighted by Crippen LogP contribution is 2.31. The van der Waals surface area contributed by atoms with Gasteiger partial charge in [-0.25, -0.2) is 0 Å². The fourth-order valence-electron chi connectivity index (χ4n) is 3.64. The first-order valence-corrected chi connectivity index (χ1v) is 11.0. The van der Waals surface area contributed by atoms with E-state index < -0.39 is 0 Å². The summed E-state index contributed by atoms with van der Waals surface area (Å²) in [7, 11) is 3.22. The van der Waals surface area contributed by atoms with E-state index in [1.165, 1.54) is 30.4 Å². The number of unbranched alkanes of at least 4 members (excludes halogenated alkanes) is 2. The van der Waals surface area contributed by atoms with Gasteiger partial charge in [0.25, 0.3) is 0 Å². The van der Waals surface area contributed by atoms with Crippen LogP contribution in [0.1, 0.15) is 31.7 Å². The molecule has 0 unspecified atom stereocenters. The van der Waals surface area contributed by atoms with E-state index in [0.29, 0.717) is 23.3 Å². The second-order valence-electron chi connectivity index (χ2n) is 7.75. The summed E-state index contributed by atoms with van der Waals surface area (Å²) in [4.78, 5) is 0. The van der Waals surface area contributed by atoms with Crippen LogP contribution in [-0.2, 0) is 6.42 Å². The normalized spacial score (nSPS) is 10.8. The Hall–Kier alpha value is -3.60. The second-order valence-corrected chi connectivity index (χ2v) is 7.75. The lowest BCUT2D eigenvalue weighted by Gasteiger charge is -2.06. The Kier molecular flexibility index (Phi) is 6.85. The van der Waals surface area contributed by atoms with Crippen molar-refractivity contribution < 1.29 is 13.9 Å². The lowest BCUT2D eigenvalue weighted by molar-refractivity contribution is 0.394. The third-order valence-electron chi connectivity index (χ3n) is 5.51. The Balaban J connectivity index is 1.50. The molecule has 0 aliphatic carbocycles. The average Bonchev–Trinajstić information content (AvgIpc) is 3.35. The van der Waals surface area contributed by atoms with Crippen molar-refractivity contribution in [2.24, 2.45) is 0 Å². The van der Waals surface area contributed by atoms with Gasteiger partial charge in [-0.2, -0.15) is 0 Å². The monoisotopic (exact) mass is 428 g/mol. The molecule has 164 valence electrons. The van der Waals surface area contributed by atoms with E-state index in [1.54, 1.807) is 20.3 Å². The summed E-state index contributed by atoms with van der Waals surface area (Å²) in [6.45, 7) is 2.23. The molecule has 32 heavy (non-hydrogen) atoms. The Morgan fingerprint density at radius 1 is 0.656 bits per heavy atom. The topological polar surface area (TPSA) is 57.4 Å². The van der Waals surface area contributed by atoms with Gasteiger partial charge in [0.1, 0.15) is 11.5 Å². The maximum Gasteiger partial charge on any atom is 0.248 e. The van der Waals surface area contributed by atoms with Gasteiger partial charge in [0.15, 0.2) is 0 Å². The molecule has 0 fully saturated rings. The van der Waals surface area contributed by atoms with Gasteiger partial charge >= 0.3 is 0 Å². The molecule has 4 rings (SSSR count). The molecule has 0 saturated heterocycles. The largest absolute Gasteiger partial charge is 0.497 e. The van der Waals surface area contributed by atoms with E-state index in [1.807, 2.05) is 24.3 Å². The number of aromatic nitrogens is 2. The van der Waals surface area contributed by atoms with Crippen LogP contribution >= 0.6 is 0 Å². The van der Waals surface area contributed by atoms with Gasteiger partial charge in [-0.1, -0.05) is 56.2 Å². The number of benzene rings is 3. The zero-order valence-corrected chi connectivity index (χ0v) is 18.8. The fraction of sp³-hybridized carbons (Fsp3) is 0.259. The van der Waals surface area contributed by atoms with Crippen LogP contribution in [0.25, 0.3) is 34.0 Å². The standard InChI is InChI=1S/C27H28N2O3/c1-4-5-6-7-19-8-10-20(11-9-19)21-12-14-22(15-13-21)26-28-29-27(32-26)23-16-24(30-2)18-25(17-23)31-3/h8-18H,4-7H2,1-3H3. The van der Waals surface area contributed by atoms with E-state index in [0.717, 1.165) is 23.1 Å². The first-order valence-electron chi connectivity index (χ1n) is 11.0. The molecule has 1 heterocycles. The molecular weight excluding hydrogens is 400 g/mol. The van der Waals surface area contributed by atoms with Crippen molar-refractivity contribution in [1.82, 2.24) is 10.2 Å². The van der Waals surface area contributed by atoms with E-state index in [9.17, 15) is 0 Å². The number of rotatable bonds is 9. The van der Waals surface area contributed by atoms with Gasteiger partial charge < -0.3 is 13.9 Å². The van der Waals surface area contributed by atoms with Crippen LogP contribution in [0.15, 0.2) is 71.1 Å². The fourth-order valence-corrected chi connectivity index (χ4v) is 3.64. The number of hydrogen-bond donors (Lipinski definition) is 0. The van der Waals surface area contributed by atoms with Crippen LogP contribution in [0.4, 0.5) is 0 Å². The minimum absolute atomic E-state index is 0.417. The molecule has 0 saturated carbocycles. The maximum absolute atomic E-state index is 5.93.